The Balaban J connectivity index is 1.37. The molecule has 4 aliphatic rings. The third-order valence-electron chi connectivity index (χ3n) is 9.10. The molecule has 0 unspecified atom stereocenters. The average Bonchev–Trinajstić information content (AvgIpc) is 3.52. The van der Waals surface area contributed by atoms with E-state index in [0.29, 0.717) is 36.8 Å². The Bertz CT molecular complexity index is 1410. The number of nitrogens with two attached hydrogens (primary N) is 1. The summed E-state index contributed by atoms with van der Waals surface area (Å²) >= 11 is 0. The highest BCUT2D eigenvalue weighted by Crippen LogP contribution is 2.45. The van der Waals surface area contributed by atoms with Crippen molar-refractivity contribution < 1.29 is 37.8 Å². The van der Waals surface area contributed by atoms with Crippen molar-refractivity contribution in [3.8, 4) is 0 Å². The van der Waals surface area contributed by atoms with Crippen LogP contribution in [0.1, 0.15) is 76.8 Å². The SMILES string of the molecule is CC(C)(C)OC(=O)N[C@H]1CCCCC/C=C\[C@@H]2C[C@@]2(C(N)=O)NC(=O)[C@@H]2C[C@@H](OC(=O)N3CCc4c(F)cccc4C3)CN2C1=O. The number of ether oxygens (including phenoxy) is 2. The number of hydrogen-bond donors (Lipinski definition) is 3. The van der Waals surface area contributed by atoms with Crippen LogP contribution in [0.4, 0.5) is 14.0 Å². The number of halogens is 1. The van der Waals surface area contributed by atoms with Crippen molar-refractivity contribution in [3.63, 3.8) is 0 Å². The summed E-state index contributed by atoms with van der Waals surface area (Å²) < 4.78 is 25.5. The zero-order valence-corrected chi connectivity index (χ0v) is 26.7. The van der Waals surface area contributed by atoms with Gasteiger partial charge in [-0.15, -0.1) is 0 Å². The minimum absolute atomic E-state index is 0.0170. The van der Waals surface area contributed by atoms with Gasteiger partial charge in [-0.3, -0.25) is 14.4 Å². The van der Waals surface area contributed by atoms with Gasteiger partial charge in [0.1, 0.15) is 35.1 Å². The molecule has 3 aliphatic heterocycles. The third kappa shape index (κ3) is 7.45. The van der Waals surface area contributed by atoms with Crippen molar-refractivity contribution in [2.45, 2.75) is 108 Å². The van der Waals surface area contributed by atoms with Gasteiger partial charge >= 0.3 is 12.2 Å². The molecule has 0 spiro atoms. The van der Waals surface area contributed by atoms with Crippen molar-refractivity contribution in [3.05, 3.63) is 47.3 Å². The van der Waals surface area contributed by atoms with Crippen molar-refractivity contribution in [1.82, 2.24) is 20.4 Å². The highest BCUT2D eigenvalue weighted by atomic mass is 19.1. The number of primary amides is 1. The number of benzene rings is 1. The second-order valence-electron chi connectivity index (χ2n) is 13.7. The lowest BCUT2D eigenvalue weighted by molar-refractivity contribution is -0.141. The molecule has 0 radical (unpaired) electrons. The molecule has 5 rings (SSSR count). The fourth-order valence-corrected chi connectivity index (χ4v) is 6.58. The van der Waals surface area contributed by atoms with Crippen molar-refractivity contribution in [2.24, 2.45) is 11.7 Å². The lowest BCUT2D eigenvalue weighted by Gasteiger charge is -2.30. The van der Waals surface area contributed by atoms with Crippen LogP contribution in [0.2, 0.25) is 0 Å². The molecule has 2 fully saturated rings. The molecule has 46 heavy (non-hydrogen) atoms. The third-order valence-corrected chi connectivity index (χ3v) is 9.10. The van der Waals surface area contributed by atoms with Crippen molar-refractivity contribution in [2.75, 3.05) is 13.1 Å². The monoisotopic (exact) mass is 641 g/mol. The first-order valence-electron chi connectivity index (χ1n) is 16.1. The Hall–Kier alpha value is -4.16. The smallest absolute Gasteiger partial charge is 0.410 e. The topological polar surface area (TPSA) is 160 Å². The highest BCUT2D eigenvalue weighted by Gasteiger charge is 2.60. The molecule has 250 valence electrons. The largest absolute Gasteiger partial charge is 0.444 e. The van der Waals surface area contributed by atoms with Crippen LogP contribution in [0, 0.1) is 11.7 Å². The summed E-state index contributed by atoms with van der Waals surface area (Å²) in [4.78, 5) is 69.3. The first-order chi connectivity index (χ1) is 21.8. The van der Waals surface area contributed by atoms with E-state index in [1.807, 2.05) is 12.2 Å². The van der Waals surface area contributed by atoms with Crippen LogP contribution in [0.5, 0.6) is 0 Å². The van der Waals surface area contributed by atoms with Crippen LogP contribution in [0.3, 0.4) is 0 Å². The minimum Gasteiger partial charge on any atom is -0.444 e. The number of alkyl carbamates (subject to hydrolysis) is 1. The van der Waals surface area contributed by atoms with Gasteiger partial charge in [-0.05, 0) is 70.1 Å². The Morgan fingerprint density at radius 3 is 2.67 bits per heavy atom. The predicted molar refractivity (Wildman–Crippen MR) is 164 cm³/mol. The molecule has 1 aromatic rings. The Morgan fingerprint density at radius 1 is 1.15 bits per heavy atom. The molecule has 5 amide bonds. The van der Waals surface area contributed by atoms with Gasteiger partial charge in [0.15, 0.2) is 0 Å². The van der Waals surface area contributed by atoms with Crippen LogP contribution < -0.4 is 16.4 Å². The maximum atomic E-state index is 14.2. The van der Waals surface area contributed by atoms with Crippen LogP contribution in [0.25, 0.3) is 0 Å². The lowest BCUT2D eigenvalue weighted by atomic mass is 9.99. The molecule has 0 bridgehead atoms. The lowest BCUT2D eigenvalue weighted by Crippen LogP contribution is -2.57. The summed E-state index contributed by atoms with van der Waals surface area (Å²) in [5, 5.41) is 5.50. The number of amides is 5. The van der Waals surface area contributed by atoms with Crippen LogP contribution >= 0.6 is 0 Å². The number of allylic oxidation sites excluding steroid dienone is 1. The van der Waals surface area contributed by atoms with E-state index < -0.39 is 59.2 Å². The fourth-order valence-electron chi connectivity index (χ4n) is 6.58. The van der Waals surface area contributed by atoms with Crippen LogP contribution in [0.15, 0.2) is 30.4 Å². The van der Waals surface area contributed by atoms with E-state index in [4.69, 9.17) is 15.2 Å². The summed E-state index contributed by atoms with van der Waals surface area (Å²) in [6.45, 7) is 5.48. The van der Waals surface area contributed by atoms with E-state index in [9.17, 15) is 28.4 Å². The molecule has 1 aliphatic carbocycles. The van der Waals surface area contributed by atoms with Gasteiger partial charge in [0.05, 0.1) is 6.54 Å². The number of rotatable bonds is 3. The molecule has 3 heterocycles. The maximum Gasteiger partial charge on any atom is 0.410 e. The molecule has 13 heteroatoms. The number of fused-ring (bicyclic) bond motifs is 3. The molecule has 4 N–H and O–H groups in total. The van der Waals surface area contributed by atoms with E-state index in [1.54, 1.807) is 32.9 Å². The first kappa shape index (κ1) is 33.2. The number of hydrogen-bond acceptors (Lipinski definition) is 7. The molecular weight excluding hydrogens is 597 g/mol. The van der Waals surface area contributed by atoms with Gasteiger partial charge in [-0.1, -0.05) is 37.1 Å². The summed E-state index contributed by atoms with van der Waals surface area (Å²) in [5.41, 5.74) is 4.96. The van der Waals surface area contributed by atoms with Crippen molar-refractivity contribution in [1.29, 1.82) is 0 Å². The second-order valence-corrected chi connectivity index (χ2v) is 13.7. The summed E-state index contributed by atoms with van der Waals surface area (Å²) in [6, 6.07) is 2.67. The fraction of sp³-hybridized carbons (Fsp3) is 0.606. The zero-order chi connectivity index (χ0) is 33.2. The van der Waals surface area contributed by atoms with E-state index in [1.165, 1.54) is 15.9 Å². The van der Waals surface area contributed by atoms with Crippen LogP contribution in [-0.4, -0.2) is 82.1 Å². The maximum absolute atomic E-state index is 14.2. The van der Waals surface area contributed by atoms with Gasteiger partial charge in [0.25, 0.3) is 0 Å². The van der Waals surface area contributed by atoms with Gasteiger partial charge in [-0.25, -0.2) is 14.0 Å². The standard InChI is InChI=1S/C33H44FN5O7/c1-32(2,3)46-30(43)36-25-13-8-6-4-5-7-11-21-17-33(21,29(35)42)37-27(40)26-16-22(19-39(26)28(25)41)45-31(44)38-15-14-23-20(18-38)10-9-12-24(23)34/h7,9-12,21-22,25-26H,4-6,8,13-19H2,1-3H3,(H2,35,42)(H,36,43)(H,37,40)/b11-7-/t21-,22-,25+,26+,33-/m1/s1. The molecule has 1 saturated heterocycles. The molecular formula is C33H44FN5O7. The molecule has 0 aromatic heterocycles. The second kappa shape index (κ2) is 13.3. The van der Waals surface area contributed by atoms with Gasteiger partial charge in [0.2, 0.25) is 17.7 Å². The Kier molecular flexibility index (Phi) is 9.59. The van der Waals surface area contributed by atoms with E-state index in [0.717, 1.165) is 19.3 Å². The Morgan fingerprint density at radius 2 is 1.93 bits per heavy atom. The molecule has 1 aromatic carbocycles. The first-order valence-corrected chi connectivity index (χ1v) is 16.1. The summed E-state index contributed by atoms with van der Waals surface area (Å²) in [7, 11) is 0. The highest BCUT2D eigenvalue weighted by molar-refractivity contribution is 5.97. The van der Waals surface area contributed by atoms with Crippen molar-refractivity contribution >= 4 is 29.9 Å². The normalized spacial score (nSPS) is 29.1. The van der Waals surface area contributed by atoms with Crippen LogP contribution in [-0.2, 0) is 36.8 Å². The number of nitrogens with one attached hydrogen (secondary N) is 2. The van der Waals surface area contributed by atoms with Gasteiger partial charge in [-0.2, -0.15) is 0 Å². The zero-order valence-electron chi connectivity index (χ0n) is 26.7. The van der Waals surface area contributed by atoms with Gasteiger partial charge < -0.3 is 35.6 Å². The number of carbonyl (C=O) groups is 5. The number of carbonyl (C=O) groups excluding carboxylic acids is 5. The molecule has 12 nitrogen and oxygen atoms in total. The summed E-state index contributed by atoms with van der Waals surface area (Å²) in [5.74, 6) is -2.33. The quantitative estimate of drug-likeness (QED) is 0.428. The molecule has 5 atom stereocenters. The number of nitrogens with zero attached hydrogens (tertiary/aromatic N) is 2. The summed E-state index contributed by atoms with van der Waals surface area (Å²) in [6.07, 6.45) is 5.65. The van der Waals surface area contributed by atoms with E-state index >= 15 is 0 Å². The molecule has 1 saturated carbocycles. The predicted octanol–water partition coefficient (Wildman–Crippen LogP) is 3.06. The van der Waals surface area contributed by atoms with E-state index in [2.05, 4.69) is 10.6 Å². The average molecular weight is 642 g/mol. The Labute approximate surface area is 268 Å². The van der Waals surface area contributed by atoms with E-state index in [-0.39, 0.29) is 37.8 Å². The van der Waals surface area contributed by atoms with Gasteiger partial charge in [0, 0.05) is 25.4 Å². The minimum atomic E-state index is -1.26.